The van der Waals surface area contributed by atoms with Crippen LogP contribution >= 0.6 is 0 Å². The van der Waals surface area contributed by atoms with Crippen molar-refractivity contribution in [3.05, 3.63) is 29.6 Å². The van der Waals surface area contributed by atoms with Gasteiger partial charge in [0.15, 0.2) is 0 Å². The molecule has 0 aromatic carbocycles. The summed E-state index contributed by atoms with van der Waals surface area (Å²) in [7, 11) is -3.38. The number of carbonyl (C=O) groups is 1. The smallest absolute Gasteiger partial charge is 0.255 e. The quantitative estimate of drug-likeness (QED) is 0.898. The lowest BCUT2D eigenvalue weighted by Gasteiger charge is -2.33. The van der Waals surface area contributed by atoms with E-state index in [1.165, 1.54) is 0 Å². The molecule has 0 radical (unpaired) electrons. The number of pyridine rings is 1. The van der Waals surface area contributed by atoms with Crippen LogP contribution in [0.3, 0.4) is 0 Å². The van der Waals surface area contributed by atoms with Crippen molar-refractivity contribution in [2.75, 3.05) is 13.1 Å². The van der Waals surface area contributed by atoms with Gasteiger partial charge in [-0.05, 0) is 44.7 Å². The molecule has 0 unspecified atom stereocenters. The molecule has 1 aliphatic heterocycles. The normalized spacial score (nSPS) is 22.7. The van der Waals surface area contributed by atoms with Gasteiger partial charge in [0.1, 0.15) is 0 Å². The highest BCUT2D eigenvalue weighted by Gasteiger charge is 2.34. The predicted molar refractivity (Wildman–Crippen MR) is 92.2 cm³/mol. The van der Waals surface area contributed by atoms with Crippen molar-refractivity contribution in [2.24, 2.45) is 0 Å². The van der Waals surface area contributed by atoms with E-state index in [0.29, 0.717) is 24.9 Å². The third-order valence-electron chi connectivity index (χ3n) is 4.95. The lowest BCUT2D eigenvalue weighted by Crippen LogP contribution is -2.49. The summed E-state index contributed by atoms with van der Waals surface area (Å²) in [5, 5.41) is -0.519. The van der Waals surface area contributed by atoms with Crippen LogP contribution in [-0.4, -0.2) is 48.6 Å². The van der Waals surface area contributed by atoms with E-state index in [-0.39, 0.29) is 18.5 Å². The molecule has 1 saturated carbocycles. The summed E-state index contributed by atoms with van der Waals surface area (Å²) >= 11 is 0. The highest BCUT2D eigenvalue weighted by molar-refractivity contribution is 7.90. The van der Waals surface area contributed by atoms with Crippen LogP contribution in [0, 0.1) is 6.92 Å². The van der Waals surface area contributed by atoms with Gasteiger partial charge in [0, 0.05) is 31.0 Å². The number of sulfonamides is 1. The van der Waals surface area contributed by atoms with Crippen molar-refractivity contribution < 1.29 is 13.2 Å². The zero-order valence-corrected chi connectivity index (χ0v) is 14.9. The van der Waals surface area contributed by atoms with Crippen LogP contribution < -0.4 is 4.72 Å². The SMILES string of the molecule is Cc1ccc(C(=O)N2CCC[C@H](S(=O)(=O)NC3CCCC3)C2)cn1. The Bertz CT molecular complexity index is 682. The van der Waals surface area contributed by atoms with Crippen LogP contribution in [0.2, 0.25) is 0 Å². The van der Waals surface area contributed by atoms with Gasteiger partial charge < -0.3 is 4.90 Å². The maximum absolute atomic E-state index is 12.6. The van der Waals surface area contributed by atoms with Crippen molar-refractivity contribution in [2.45, 2.75) is 56.7 Å². The summed E-state index contributed by atoms with van der Waals surface area (Å²) in [6, 6.07) is 3.62. The minimum atomic E-state index is -3.38. The summed E-state index contributed by atoms with van der Waals surface area (Å²) in [6.45, 7) is 2.73. The predicted octanol–water partition coefficient (Wildman–Crippen LogP) is 1.86. The highest BCUT2D eigenvalue weighted by atomic mass is 32.2. The zero-order chi connectivity index (χ0) is 17.2. The van der Waals surface area contributed by atoms with E-state index >= 15 is 0 Å². The number of hydrogen-bond acceptors (Lipinski definition) is 4. The minimum absolute atomic E-state index is 0.0716. The molecule has 132 valence electrons. The molecule has 2 heterocycles. The van der Waals surface area contributed by atoms with Crippen LogP contribution in [0.4, 0.5) is 0 Å². The van der Waals surface area contributed by atoms with Gasteiger partial charge in [-0.25, -0.2) is 13.1 Å². The molecule has 1 aliphatic carbocycles. The van der Waals surface area contributed by atoms with Gasteiger partial charge in [-0.15, -0.1) is 0 Å². The van der Waals surface area contributed by atoms with Crippen LogP contribution in [0.5, 0.6) is 0 Å². The molecule has 24 heavy (non-hydrogen) atoms. The lowest BCUT2D eigenvalue weighted by molar-refractivity contribution is 0.0726. The minimum Gasteiger partial charge on any atom is -0.337 e. The molecule has 2 fully saturated rings. The van der Waals surface area contributed by atoms with Crippen molar-refractivity contribution >= 4 is 15.9 Å². The van der Waals surface area contributed by atoms with E-state index in [0.717, 1.165) is 31.4 Å². The number of piperidine rings is 1. The number of aromatic nitrogens is 1. The summed E-state index contributed by atoms with van der Waals surface area (Å²) in [5.74, 6) is -0.136. The molecule has 1 atom stereocenters. The zero-order valence-electron chi connectivity index (χ0n) is 14.1. The topological polar surface area (TPSA) is 79.4 Å². The van der Waals surface area contributed by atoms with Crippen molar-refractivity contribution in [1.29, 1.82) is 0 Å². The van der Waals surface area contributed by atoms with Crippen LogP contribution in [0.1, 0.15) is 54.6 Å². The summed E-state index contributed by atoms with van der Waals surface area (Å²) in [4.78, 5) is 18.4. The first-order valence-corrected chi connectivity index (χ1v) is 10.2. The van der Waals surface area contributed by atoms with E-state index in [1.807, 2.05) is 6.92 Å². The Labute approximate surface area is 143 Å². The molecule has 1 amide bonds. The van der Waals surface area contributed by atoms with E-state index in [4.69, 9.17) is 0 Å². The van der Waals surface area contributed by atoms with Crippen LogP contribution in [0.15, 0.2) is 18.3 Å². The van der Waals surface area contributed by atoms with E-state index in [1.54, 1.807) is 23.2 Å². The van der Waals surface area contributed by atoms with Crippen molar-refractivity contribution in [3.8, 4) is 0 Å². The number of nitrogens with one attached hydrogen (secondary N) is 1. The molecule has 2 aliphatic rings. The fraction of sp³-hybridized carbons (Fsp3) is 0.647. The maximum atomic E-state index is 12.6. The monoisotopic (exact) mass is 351 g/mol. The summed E-state index contributed by atoms with van der Waals surface area (Å²) < 4.78 is 28.1. The van der Waals surface area contributed by atoms with Crippen molar-refractivity contribution in [1.82, 2.24) is 14.6 Å². The Kier molecular flexibility index (Phi) is 5.20. The molecule has 1 aromatic rings. The van der Waals surface area contributed by atoms with Gasteiger partial charge in [0.05, 0.1) is 10.8 Å². The van der Waals surface area contributed by atoms with Gasteiger partial charge in [0.25, 0.3) is 5.91 Å². The van der Waals surface area contributed by atoms with Gasteiger partial charge in [-0.2, -0.15) is 0 Å². The summed E-state index contributed by atoms with van der Waals surface area (Å²) in [6.07, 6.45) is 6.89. The molecule has 1 saturated heterocycles. The van der Waals surface area contributed by atoms with E-state index in [2.05, 4.69) is 9.71 Å². The molecule has 1 N–H and O–H groups in total. The first-order valence-electron chi connectivity index (χ1n) is 8.69. The second-order valence-corrected chi connectivity index (χ2v) is 8.84. The standard InChI is InChI=1S/C17H25N3O3S/c1-13-8-9-14(11-18-13)17(21)20-10-4-7-16(12-20)24(22,23)19-15-5-2-3-6-15/h8-9,11,15-16,19H,2-7,10,12H2,1H3/t16-/m0/s1. The number of aryl methyl sites for hydroxylation is 1. The fourth-order valence-corrected chi connectivity index (χ4v) is 5.27. The fourth-order valence-electron chi connectivity index (χ4n) is 3.53. The van der Waals surface area contributed by atoms with Crippen LogP contribution in [-0.2, 0) is 10.0 Å². The Balaban J connectivity index is 1.67. The Hall–Kier alpha value is -1.47. The van der Waals surface area contributed by atoms with E-state index < -0.39 is 15.3 Å². The Morgan fingerprint density at radius 2 is 1.96 bits per heavy atom. The average molecular weight is 351 g/mol. The number of nitrogens with zero attached hydrogens (tertiary/aromatic N) is 2. The number of carbonyl (C=O) groups excluding carboxylic acids is 1. The van der Waals surface area contributed by atoms with Gasteiger partial charge in [-0.1, -0.05) is 12.8 Å². The molecule has 6 nitrogen and oxygen atoms in total. The molecule has 7 heteroatoms. The van der Waals surface area contributed by atoms with Gasteiger partial charge in [0.2, 0.25) is 10.0 Å². The van der Waals surface area contributed by atoms with Gasteiger partial charge in [-0.3, -0.25) is 9.78 Å². The lowest BCUT2D eigenvalue weighted by atomic mass is 10.1. The van der Waals surface area contributed by atoms with Crippen LogP contribution in [0.25, 0.3) is 0 Å². The third kappa shape index (κ3) is 3.95. The molecular formula is C17H25N3O3S. The number of hydrogen-bond donors (Lipinski definition) is 1. The van der Waals surface area contributed by atoms with Crippen molar-refractivity contribution in [3.63, 3.8) is 0 Å². The second kappa shape index (κ2) is 7.19. The third-order valence-corrected chi connectivity index (χ3v) is 6.87. The number of likely N-dealkylation sites (tertiary alicyclic amines) is 1. The first kappa shape index (κ1) is 17.4. The average Bonchev–Trinajstić information content (AvgIpc) is 3.07. The Morgan fingerprint density at radius 1 is 1.21 bits per heavy atom. The highest BCUT2D eigenvalue weighted by Crippen LogP contribution is 2.23. The molecule has 1 aromatic heterocycles. The number of rotatable bonds is 4. The first-order chi connectivity index (χ1) is 11.5. The van der Waals surface area contributed by atoms with Gasteiger partial charge >= 0.3 is 0 Å². The van der Waals surface area contributed by atoms with E-state index in [9.17, 15) is 13.2 Å². The number of amides is 1. The molecular weight excluding hydrogens is 326 g/mol. The molecule has 0 bridgehead atoms. The molecule has 3 rings (SSSR count). The maximum Gasteiger partial charge on any atom is 0.255 e. The molecule has 0 spiro atoms. The largest absolute Gasteiger partial charge is 0.337 e. The second-order valence-electron chi connectivity index (χ2n) is 6.85. The Morgan fingerprint density at radius 3 is 2.62 bits per heavy atom. The summed E-state index contributed by atoms with van der Waals surface area (Å²) in [5.41, 5.74) is 1.37.